The van der Waals surface area contributed by atoms with Crippen LogP contribution in [0.15, 0.2) is 24.3 Å². The zero-order valence-electron chi connectivity index (χ0n) is 10.7. The Morgan fingerprint density at radius 3 is 2.83 bits per heavy atom. The highest BCUT2D eigenvalue weighted by molar-refractivity contribution is 5.77. The predicted octanol–water partition coefficient (Wildman–Crippen LogP) is 1.73. The number of likely N-dealkylation sites (tertiary alicyclic amines) is 1. The molecule has 3 rings (SSSR count). The molecule has 1 N–H and O–H groups in total. The van der Waals surface area contributed by atoms with Crippen LogP contribution in [0.4, 0.5) is 0 Å². The van der Waals surface area contributed by atoms with Crippen LogP contribution < -0.4 is 0 Å². The third kappa shape index (κ3) is 1.88. The van der Waals surface area contributed by atoms with Crippen molar-refractivity contribution < 1.29 is 9.90 Å². The van der Waals surface area contributed by atoms with Gasteiger partial charge in [0, 0.05) is 12.5 Å². The Hall–Kier alpha value is -1.19. The topological polar surface area (TPSA) is 40.5 Å². The van der Waals surface area contributed by atoms with E-state index in [4.69, 9.17) is 0 Å². The molecule has 3 heteroatoms. The van der Waals surface area contributed by atoms with Gasteiger partial charge in [-0.05, 0) is 36.9 Å². The van der Waals surface area contributed by atoms with Crippen LogP contribution in [-0.2, 0) is 4.79 Å². The highest BCUT2D eigenvalue weighted by Crippen LogP contribution is 2.48. The number of hydrogen-bond donors (Lipinski definition) is 1. The van der Waals surface area contributed by atoms with Crippen molar-refractivity contribution in [2.75, 3.05) is 19.6 Å². The first-order valence-corrected chi connectivity index (χ1v) is 6.65. The Morgan fingerprint density at radius 1 is 1.39 bits per heavy atom. The number of nitrogens with zero attached hydrogens (tertiary/aromatic N) is 1. The second kappa shape index (κ2) is 4.48. The van der Waals surface area contributed by atoms with Crippen molar-refractivity contribution in [3.05, 3.63) is 35.4 Å². The molecule has 1 heterocycles. The maximum absolute atomic E-state index is 11.2. The molecule has 1 fully saturated rings. The summed E-state index contributed by atoms with van der Waals surface area (Å²) < 4.78 is 0. The lowest BCUT2D eigenvalue weighted by Crippen LogP contribution is -2.40. The number of aliphatic hydroxyl groups excluding tert-OH is 1. The number of benzene rings is 1. The first-order valence-electron chi connectivity index (χ1n) is 6.65. The standard InChI is InChI=1S/C15H19NO2/c1-10(17)8-16-7-6-13-14(9-16)11-4-2-3-5-12(11)15(13)18/h2-5,13-15,18H,6-9H2,1H3. The van der Waals surface area contributed by atoms with Gasteiger partial charge >= 0.3 is 0 Å². The lowest BCUT2D eigenvalue weighted by Gasteiger charge is -2.35. The molecular weight excluding hydrogens is 226 g/mol. The molecule has 1 aromatic rings. The maximum Gasteiger partial charge on any atom is 0.143 e. The first-order chi connectivity index (χ1) is 8.66. The van der Waals surface area contributed by atoms with Gasteiger partial charge in [-0.3, -0.25) is 9.69 Å². The van der Waals surface area contributed by atoms with E-state index in [1.54, 1.807) is 6.92 Å². The molecule has 0 saturated carbocycles. The largest absolute Gasteiger partial charge is 0.388 e. The second-order valence-electron chi connectivity index (χ2n) is 5.57. The lowest BCUT2D eigenvalue weighted by molar-refractivity contribution is -0.118. The van der Waals surface area contributed by atoms with Crippen LogP contribution in [0.25, 0.3) is 0 Å². The quantitative estimate of drug-likeness (QED) is 0.862. The van der Waals surface area contributed by atoms with E-state index in [1.807, 2.05) is 18.2 Å². The van der Waals surface area contributed by atoms with Gasteiger partial charge in [0.1, 0.15) is 5.78 Å². The number of ketones is 1. The van der Waals surface area contributed by atoms with Gasteiger partial charge in [-0.25, -0.2) is 0 Å². The zero-order chi connectivity index (χ0) is 12.7. The first kappa shape index (κ1) is 11.9. The molecule has 3 atom stereocenters. The molecule has 1 saturated heterocycles. The van der Waals surface area contributed by atoms with Gasteiger partial charge in [0.15, 0.2) is 0 Å². The van der Waals surface area contributed by atoms with Crippen LogP contribution in [0.1, 0.15) is 36.5 Å². The number of fused-ring (bicyclic) bond motifs is 3. The van der Waals surface area contributed by atoms with E-state index in [-0.39, 0.29) is 11.9 Å². The molecular formula is C15H19NO2. The van der Waals surface area contributed by atoms with E-state index < -0.39 is 0 Å². The average Bonchev–Trinajstić information content (AvgIpc) is 2.63. The van der Waals surface area contributed by atoms with Gasteiger partial charge in [-0.2, -0.15) is 0 Å². The Balaban J connectivity index is 1.85. The number of piperidine rings is 1. The van der Waals surface area contributed by atoms with E-state index in [2.05, 4.69) is 11.0 Å². The van der Waals surface area contributed by atoms with Crippen LogP contribution in [0, 0.1) is 5.92 Å². The summed E-state index contributed by atoms with van der Waals surface area (Å²) in [5.74, 6) is 0.954. The van der Waals surface area contributed by atoms with Gasteiger partial charge in [-0.1, -0.05) is 24.3 Å². The minimum absolute atomic E-state index is 0.222. The number of Topliss-reactive ketones (excluding diaryl/α,β-unsaturated/α-hetero) is 1. The van der Waals surface area contributed by atoms with E-state index in [1.165, 1.54) is 5.56 Å². The highest BCUT2D eigenvalue weighted by Gasteiger charge is 2.42. The SMILES string of the molecule is CC(=O)CN1CCC2C(O)c3ccccc3C2C1. The van der Waals surface area contributed by atoms with Gasteiger partial charge in [0.05, 0.1) is 12.6 Å². The minimum Gasteiger partial charge on any atom is -0.388 e. The molecule has 1 aliphatic heterocycles. The second-order valence-corrected chi connectivity index (χ2v) is 5.57. The lowest BCUT2D eigenvalue weighted by atomic mass is 9.85. The fourth-order valence-corrected chi connectivity index (χ4v) is 3.55. The summed E-state index contributed by atoms with van der Waals surface area (Å²) in [6.45, 7) is 4.01. The maximum atomic E-state index is 11.2. The number of rotatable bonds is 2. The summed E-state index contributed by atoms with van der Waals surface area (Å²) in [5.41, 5.74) is 2.38. The molecule has 18 heavy (non-hydrogen) atoms. The van der Waals surface area contributed by atoms with Crippen molar-refractivity contribution in [3.8, 4) is 0 Å². The molecule has 3 nitrogen and oxygen atoms in total. The summed E-state index contributed by atoms with van der Waals surface area (Å²) in [4.78, 5) is 13.4. The molecule has 2 aliphatic rings. The van der Waals surface area contributed by atoms with Gasteiger partial charge in [0.2, 0.25) is 0 Å². The van der Waals surface area contributed by atoms with Gasteiger partial charge in [0.25, 0.3) is 0 Å². The van der Waals surface area contributed by atoms with Crippen LogP contribution in [0.3, 0.4) is 0 Å². The van der Waals surface area contributed by atoms with Crippen molar-refractivity contribution in [2.45, 2.75) is 25.4 Å². The Labute approximate surface area is 107 Å². The van der Waals surface area contributed by atoms with Crippen molar-refractivity contribution in [2.24, 2.45) is 5.92 Å². The van der Waals surface area contributed by atoms with Crippen molar-refractivity contribution in [1.29, 1.82) is 0 Å². The highest BCUT2D eigenvalue weighted by atomic mass is 16.3. The van der Waals surface area contributed by atoms with Gasteiger partial charge < -0.3 is 5.11 Å². The molecule has 0 radical (unpaired) electrons. The summed E-state index contributed by atoms with van der Waals surface area (Å²) >= 11 is 0. The van der Waals surface area contributed by atoms with Crippen molar-refractivity contribution >= 4 is 5.78 Å². The minimum atomic E-state index is -0.314. The van der Waals surface area contributed by atoms with E-state index in [9.17, 15) is 9.90 Å². The summed E-state index contributed by atoms with van der Waals surface area (Å²) in [5, 5.41) is 10.4. The predicted molar refractivity (Wildman–Crippen MR) is 69.4 cm³/mol. The third-order valence-electron chi connectivity index (χ3n) is 4.32. The third-order valence-corrected chi connectivity index (χ3v) is 4.32. The number of aliphatic hydroxyl groups is 1. The molecule has 0 aromatic heterocycles. The Morgan fingerprint density at radius 2 is 2.11 bits per heavy atom. The summed E-state index contributed by atoms with van der Waals surface area (Å²) in [7, 11) is 0. The van der Waals surface area contributed by atoms with Crippen LogP contribution >= 0.6 is 0 Å². The van der Waals surface area contributed by atoms with Crippen molar-refractivity contribution in [3.63, 3.8) is 0 Å². The molecule has 0 amide bonds. The van der Waals surface area contributed by atoms with Crippen LogP contribution in [0.5, 0.6) is 0 Å². The average molecular weight is 245 g/mol. The van der Waals surface area contributed by atoms with Crippen LogP contribution in [0.2, 0.25) is 0 Å². The summed E-state index contributed by atoms with van der Waals surface area (Å²) in [6.07, 6.45) is 0.666. The Kier molecular flexibility index (Phi) is 2.96. The monoisotopic (exact) mass is 245 g/mol. The van der Waals surface area contributed by atoms with Crippen LogP contribution in [-0.4, -0.2) is 35.4 Å². The molecule has 0 bridgehead atoms. The Bertz CT molecular complexity index is 471. The fraction of sp³-hybridized carbons (Fsp3) is 0.533. The van der Waals surface area contributed by atoms with Gasteiger partial charge in [-0.15, -0.1) is 0 Å². The summed E-state index contributed by atoms with van der Waals surface area (Å²) in [6, 6.07) is 8.19. The molecule has 1 aromatic carbocycles. The number of carbonyl (C=O) groups is 1. The van der Waals surface area contributed by atoms with E-state index in [0.29, 0.717) is 18.4 Å². The molecule has 96 valence electrons. The number of hydrogen-bond acceptors (Lipinski definition) is 3. The van der Waals surface area contributed by atoms with Crippen molar-refractivity contribution in [1.82, 2.24) is 4.90 Å². The normalized spacial score (nSPS) is 30.9. The molecule has 1 aliphatic carbocycles. The van der Waals surface area contributed by atoms with E-state index in [0.717, 1.165) is 25.1 Å². The fourth-order valence-electron chi connectivity index (χ4n) is 3.55. The molecule has 0 spiro atoms. The molecule has 3 unspecified atom stereocenters. The van der Waals surface area contributed by atoms with E-state index >= 15 is 0 Å². The zero-order valence-corrected chi connectivity index (χ0v) is 10.7. The smallest absolute Gasteiger partial charge is 0.143 e. The number of carbonyl (C=O) groups excluding carboxylic acids is 1.